The van der Waals surface area contributed by atoms with Gasteiger partial charge in [0, 0.05) is 5.75 Å². The smallest absolute Gasteiger partial charge is 0.477 e. The number of hydrogen-bond acceptors (Lipinski definition) is 14. The Hall–Kier alpha value is -4.22. The number of carboxylic acids is 1. The van der Waals surface area contributed by atoms with Gasteiger partial charge in [-0.25, -0.2) is 28.8 Å². The zero-order chi connectivity index (χ0) is 39.0. The lowest BCUT2D eigenvalue weighted by Gasteiger charge is -2.49. The summed E-state index contributed by atoms with van der Waals surface area (Å²) in [5.41, 5.74) is -1.83. The Morgan fingerprint density at radius 2 is 1.27 bits per heavy atom. The van der Waals surface area contributed by atoms with Crippen LogP contribution in [0.25, 0.3) is 0 Å². The molecule has 0 aromatic carbocycles. The first-order valence-electron chi connectivity index (χ1n) is 16.5. The second-order valence-electron chi connectivity index (χ2n) is 14.7. The molecule has 1 saturated heterocycles. The number of nitrogens with one attached hydrogen (secondary N) is 2. The molecule has 0 aliphatic carbocycles. The summed E-state index contributed by atoms with van der Waals surface area (Å²) in [6.45, 7) is 16.7. The predicted molar refractivity (Wildman–Crippen MR) is 181 cm³/mol. The Morgan fingerprint density at radius 1 is 0.824 bits per heavy atom. The van der Waals surface area contributed by atoms with Crippen LogP contribution in [-0.2, 0) is 47.6 Å². The summed E-state index contributed by atoms with van der Waals surface area (Å²) in [6.07, 6.45) is -4.09. The van der Waals surface area contributed by atoms with Gasteiger partial charge in [-0.15, -0.1) is 11.8 Å². The summed E-state index contributed by atoms with van der Waals surface area (Å²) in [5, 5.41) is 13.8. The number of carbonyl (C=O) groups excluding carboxylic acids is 6. The Morgan fingerprint density at radius 3 is 1.67 bits per heavy atom. The minimum Gasteiger partial charge on any atom is -0.477 e. The van der Waals surface area contributed by atoms with E-state index in [0.29, 0.717) is 5.75 Å². The van der Waals surface area contributed by atoms with E-state index in [4.69, 9.17) is 28.4 Å². The van der Waals surface area contributed by atoms with Crippen molar-refractivity contribution in [1.82, 2.24) is 15.5 Å². The van der Waals surface area contributed by atoms with Gasteiger partial charge in [-0.3, -0.25) is 9.69 Å². The van der Waals surface area contributed by atoms with Gasteiger partial charge in [0.05, 0.1) is 5.37 Å². The van der Waals surface area contributed by atoms with Gasteiger partial charge in [0.15, 0.2) is 6.10 Å². The predicted octanol–water partition coefficient (Wildman–Crippen LogP) is 3.58. The van der Waals surface area contributed by atoms with Crippen LogP contribution in [0.3, 0.4) is 0 Å². The SMILES string of the molecule is CC(OC(=O)OC(COC(=O)[C@@H](NC(=O)OC(C)(C)C)C(C)C)COC(=O)[C@@H](NC(=O)OC(C)(C)C)C(C)C)C1C(=O)N2C(C(=O)O)=CCS[C@@H]12. The number of nitrogens with zero attached hydrogens (tertiary/aromatic N) is 1. The number of alkyl carbamates (subject to hydrolysis) is 2. The van der Waals surface area contributed by atoms with E-state index in [-0.39, 0.29) is 5.70 Å². The molecule has 0 saturated carbocycles. The Labute approximate surface area is 301 Å². The average Bonchev–Trinajstić information content (AvgIpc) is 2.96. The number of fused-ring (bicyclic) bond motifs is 1. The molecule has 18 heteroatoms. The van der Waals surface area contributed by atoms with Gasteiger partial charge in [0.2, 0.25) is 5.91 Å². The number of amides is 3. The number of rotatable bonds is 14. The number of carbonyl (C=O) groups is 7. The number of ether oxygens (including phenoxy) is 6. The second kappa shape index (κ2) is 17.8. The fourth-order valence-electron chi connectivity index (χ4n) is 4.77. The van der Waals surface area contributed by atoms with Crippen molar-refractivity contribution in [3.05, 3.63) is 11.8 Å². The van der Waals surface area contributed by atoms with Crippen molar-refractivity contribution in [3.8, 4) is 0 Å². The fourth-order valence-corrected chi connectivity index (χ4v) is 6.13. The molecule has 2 unspecified atom stereocenters. The summed E-state index contributed by atoms with van der Waals surface area (Å²) < 4.78 is 32.0. The molecule has 3 N–H and O–H groups in total. The van der Waals surface area contributed by atoms with Crippen molar-refractivity contribution in [2.75, 3.05) is 19.0 Å². The zero-order valence-electron chi connectivity index (χ0n) is 30.9. The van der Waals surface area contributed by atoms with Gasteiger partial charge in [-0.05, 0) is 66.4 Å². The van der Waals surface area contributed by atoms with Gasteiger partial charge in [-0.2, -0.15) is 0 Å². The minimum absolute atomic E-state index is 0.153. The molecule has 1 fully saturated rings. The molecular weight excluding hydrogens is 694 g/mol. The second-order valence-corrected chi connectivity index (χ2v) is 15.8. The van der Waals surface area contributed by atoms with E-state index in [1.807, 2.05) is 0 Å². The van der Waals surface area contributed by atoms with E-state index >= 15 is 0 Å². The normalized spacial score (nSPS) is 19.1. The van der Waals surface area contributed by atoms with Crippen LogP contribution in [0, 0.1) is 17.8 Å². The van der Waals surface area contributed by atoms with Gasteiger partial charge in [-0.1, -0.05) is 27.7 Å². The minimum atomic E-state index is -1.44. The van der Waals surface area contributed by atoms with Crippen molar-refractivity contribution < 1.29 is 67.1 Å². The van der Waals surface area contributed by atoms with Crippen molar-refractivity contribution in [3.63, 3.8) is 0 Å². The van der Waals surface area contributed by atoms with Gasteiger partial charge in [0.1, 0.15) is 54.2 Å². The molecule has 2 aliphatic heterocycles. The number of esters is 2. The van der Waals surface area contributed by atoms with Crippen LogP contribution in [0.2, 0.25) is 0 Å². The monoisotopic (exact) mass is 745 g/mol. The van der Waals surface area contributed by atoms with E-state index in [2.05, 4.69) is 10.6 Å². The van der Waals surface area contributed by atoms with Crippen molar-refractivity contribution in [2.24, 2.45) is 17.8 Å². The first kappa shape index (κ1) is 42.9. The third-order valence-corrected chi connectivity index (χ3v) is 8.37. The lowest BCUT2D eigenvalue weighted by Crippen LogP contribution is -2.64. The summed E-state index contributed by atoms with van der Waals surface area (Å²) >= 11 is 1.30. The molecule has 5 atom stereocenters. The number of hydrogen-bond donors (Lipinski definition) is 3. The molecule has 2 aliphatic rings. The maximum Gasteiger partial charge on any atom is 0.509 e. The number of carboxylic acid groups (broad SMARTS) is 1. The van der Waals surface area contributed by atoms with Gasteiger partial charge in [0.25, 0.3) is 0 Å². The zero-order valence-corrected chi connectivity index (χ0v) is 31.7. The maximum absolute atomic E-state index is 13.1. The molecule has 0 bridgehead atoms. The molecule has 288 valence electrons. The summed E-state index contributed by atoms with van der Waals surface area (Å²) in [4.78, 5) is 89.4. The van der Waals surface area contributed by atoms with E-state index in [1.54, 1.807) is 69.2 Å². The summed E-state index contributed by atoms with van der Waals surface area (Å²) in [5.74, 6) is -5.04. The molecule has 3 amide bonds. The molecule has 17 nitrogen and oxygen atoms in total. The lowest BCUT2D eigenvalue weighted by molar-refractivity contribution is -0.162. The number of β-lactam (4-membered cyclic amide) rings is 1. The summed E-state index contributed by atoms with van der Waals surface area (Å²) in [6, 6.07) is -2.33. The molecule has 51 heavy (non-hydrogen) atoms. The van der Waals surface area contributed by atoms with Crippen LogP contribution >= 0.6 is 11.8 Å². The third kappa shape index (κ3) is 13.1. The van der Waals surface area contributed by atoms with E-state index in [1.165, 1.54) is 24.8 Å². The first-order valence-corrected chi connectivity index (χ1v) is 17.5. The highest BCUT2D eigenvalue weighted by Gasteiger charge is 2.55. The van der Waals surface area contributed by atoms with E-state index in [0.717, 1.165) is 4.90 Å². The summed E-state index contributed by atoms with van der Waals surface area (Å²) in [7, 11) is 0. The topological polar surface area (TPSA) is 222 Å². The van der Waals surface area contributed by atoms with Crippen LogP contribution < -0.4 is 10.6 Å². The molecule has 2 heterocycles. The third-order valence-electron chi connectivity index (χ3n) is 7.17. The maximum atomic E-state index is 13.1. The molecule has 0 radical (unpaired) electrons. The molecule has 0 spiro atoms. The highest BCUT2D eigenvalue weighted by molar-refractivity contribution is 8.00. The first-order chi connectivity index (χ1) is 23.4. The standard InChI is InChI=1S/C33H51N3O14S/c1-16(2)22(34-29(42)49-32(6,7)8)27(40)45-14-19(15-46-28(41)23(17(3)4)35-30(43)50-33(9,10)11)48-31(44)47-18(5)21-24(37)36-20(26(38)39)12-13-51-25(21)36/h12,16-19,21-23,25H,13-15H2,1-11H3,(H,34,42)(H,35,43)(H,38,39)/t18?,21?,22-,23-,25-/m0/s1. The van der Waals surface area contributed by atoms with Crippen LogP contribution in [0.15, 0.2) is 11.8 Å². The Balaban J connectivity index is 2.17. The Kier molecular flexibility index (Phi) is 15.0. The molecular formula is C33H51N3O14S. The Bertz CT molecular complexity index is 1290. The number of thioether (sulfide) groups is 1. The van der Waals surface area contributed by atoms with Gasteiger partial charge < -0.3 is 44.2 Å². The lowest BCUT2D eigenvalue weighted by atomic mass is 9.91. The largest absolute Gasteiger partial charge is 0.509 e. The van der Waals surface area contributed by atoms with E-state index < -0.39 is 114 Å². The van der Waals surface area contributed by atoms with E-state index in [9.17, 15) is 38.7 Å². The highest BCUT2D eigenvalue weighted by atomic mass is 32.2. The van der Waals surface area contributed by atoms with Gasteiger partial charge >= 0.3 is 36.2 Å². The fraction of sp³-hybridized carbons (Fsp3) is 0.727. The van der Waals surface area contributed by atoms with Crippen LogP contribution in [-0.4, -0.2) is 112 Å². The molecule has 0 aromatic heterocycles. The highest BCUT2D eigenvalue weighted by Crippen LogP contribution is 2.43. The average molecular weight is 746 g/mol. The van der Waals surface area contributed by atoms with Crippen molar-refractivity contribution >= 4 is 53.9 Å². The number of aliphatic carboxylic acids is 1. The van der Waals surface area contributed by atoms with Crippen LogP contribution in [0.4, 0.5) is 14.4 Å². The van der Waals surface area contributed by atoms with Crippen LogP contribution in [0.1, 0.15) is 76.2 Å². The quantitative estimate of drug-likeness (QED) is 0.131. The van der Waals surface area contributed by atoms with Crippen molar-refractivity contribution in [2.45, 2.75) is 117 Å². The molecule has 0 aromatic rings. The van der Waals surface area contributed by atoms with Crippen molar-refractivity contribution in [1.29, 1.82) is 0 Å². The molecule has 2 rings (SSSR count). The van der Waals surface area contributed by atoms with Crippen LogP contribution in [0.5, 0.6) is 0 Å².